The number of halogens is 2. The zero-order valence-corrected chi connectivity index (χ0v) is 12.2. The molecule has 23 heavy (non-hydrogen) atoms. The number of aryl methyl sites for hydroxylation is 1. The fourth-order valence-corrected chi connectivity index (χ4v) is 2.50. The van der Waals surface area contributed by atoms with Crippen molar-refractivity contribution >= 4 is 11.0 Å². The van der Waals surface area contributed by atoms with Crippen LogP contribution in [-0.2, 0) is 6.54 Å². The van der Waals surface area contributed by atoms with Crippen LogP contribution in [0.5, 0.6) is 0 Å². The smallest absolute Gasteiger partial charge is 0.307 e. The van der Waals surface area contributed by atoms with Crippen molar-refractivity contribution in [1.82, 2.24) is 14.1 Å². The summed E-state index contributed by atoms with van der Waals surface area (Å²) in [5.41, 5.74) is 0.783. The van der Waals surface area contributed by atoms with Gasteiger partial charge < -0.3 is 4.57 Å². The van der Waals surface area contributed by atoms with Gasteiger partial charge in [-0.1, -0.05) is 12.1 Å². The fraction of sp³-hybridized carbons (Fsp3) is 0.188. The van der Waals surface area contributed by atoms with Crippen molar-refractivity contribution in [2.24, 2.45) is 0 Å². The SMILES string of the molecule is Cc1ccn(Cc2nc3ccccc3n2C(F)F)c(=O)c1C#N. The molecule has 0 aliphatic rings. The standard InChI is InChI=1S/C16H12F2N4O/c1-10-6-7-21(15(23)11(10)8-19)9-14-20-12-4-2-3-5-13(12)22(14)16(17)18/h2-7,16H,9H2,1H3. The summed E-state index contributed by atoms with van der Waals surface area (Å²) in [6.45, 7) is -1.25. The molecule has 0 fully saturated rings. The summed E-state index contributed by atoms with van der Waals surface area (Å²) < 4.78 is 28.8. The first kappa shape index (κ1) is 14.9. The van der Waals surface area contributed by atoms with Crippen molar-refractivity contribution < 1.29 is 8.78 Å². The van der Waals surface area contributed by atoms with E-state index in [0.29, 0.717) is 16.6 Å². The molecule has 0 aliphatic heterocycles. The van der Waals surface area contributed by atoms with Crippen LogP contribution in [0.4, 0.5) is 8.78 Å². The number of fused-ring (bicyclic) bond motifs is 1. The number of aromatic nitrogens is 3. The highest BCUT2D eigenvalue weighted by atomic mass is 19.3. The third-order valence-electron chi connectivity index (χ3n) is 3.66. The molecular formula is C16H12F2N4O. The van der Waals surface area contributed by atoms with Crippen molar-refractivity contribution in [3.8, 4) is 6.07 Å². The van der Waals surface area contributed by atoms with E-state index in [1.807, 2.05) is 6.07 Å². The topological polar surface area (TPSA) is 63.6 Å². The first-order valence-electron chi connectivity index (χ1n) is 6.87. The minimum absolute atomic E-state index is 0.00667. The van der Waals surface area contributed by atoms with E-state index in [4.69, 9.17) is 5.26 Å². The average molecular weight is 314 g/mol. The number of nitrogens with zero attached hydrogens (tertiary/aromatic N) is 4. The van der Waals surface area contributed by atoms with E-state index in [1.165, 1.54) is 10.8 Å². The minimum atomic E-state index is -2.77. The Morgan fingerprint density at radius 1 is 1.30 bits per heavy atom. The van der Waals surface area contributed by atoms with Gasteiger partial charge in [-0.05, 0) is 30.7 Å². The molecule has 3 aromatic rings. The summed E-state index contributed by atoms with van der Waals surface area (Å²) in [5, 5.41) is 9.04. The lowest BCUT2D eigenvalue weighted by Gasteiger charge is -2.10. The molecule has 0 unspecified atom stereocenters. The monoisotopic (exact) mass is 314 g/mol. The van der Waals surface area contributed by atoms with E-state index in [0.717, 1.165) is 4.57 Å². The molecule has 2 heterocycles. The summed E-state index contributed by atoms with van der Waals surface area (Å²) in [6, 6.07) is 10.00. The Bertz CT molecular complexity index is 982. The third-order valence-corrected chi connectivity index (χ3v) is 3.66. The Balaban J connectivity index is 2.15. The maximum absolute atomic E-state index is 13.4. The van der Waals surface area contributed by atoms with Gasteiger partial charge in [-0.2, -0.15) is 14.0 Å². The Kier molecular flexibility index (Phi) is 3.66. The van der Waals surface area contributed by atoms with Gasteiger partial charge in [-0.3, -0.25) is 9.36 Å². The molecule has 3 rings (SSSR count). The molecule has 116 valence electrons. The van der Waals surface area contributed by atoms with Gasteiger partial charge in [0, 0.05) is 6.20 Å². The number of para-hydroxylation sites is 2. The molecule has 2 aromatic heterocycles. The van der Waals surface area contributed by atoms with Gasteiger partial charge in [0.1, 0.15) is 17.5 Å². The van der Waals surface area contributed by atoms with Crippen molar-refractivity contribution in [3.63, 3.8) is 0 Å². The molecule has 5 nitrogen and oxygen atoms in total. The van der Waals surface area contributed by atoms with Crippen LogP contribution in [0.3, 0.4) is 0 Å². The number of imidazole rings is 1. The van der Waals surface area contributed by atoms with Crippen LogP contribution < -0.4 is 5.56 Å². The van der Waals surface area contributed by atoms with Crippen molar-refractivity contribution in [1.29, 1.82) is 5.26 Å². The average Bonchev–Trinajstić information content (AvgIpc) is 2.88. The van der Waals surface area contributed by atoms with Gasteiger partial charge in [0.05, 0.1) is 17.6 Å². The van der Waals surface area contributed by atoms with Crippen LogP contribution in [0.2, 0.25) is 0 Å². The molecule has 0 aliphatic carbocycles. The molecular weight excluding hydrogens is 302 g/mol. The Morgan fingerprint density at radius 3 is 2.74 bits per heavy atom. The maximum Gasteiger partial charge on any atom is 0.320 e. The normalized spacial score (nSPS) is 11.1. The van der Waals surface area contributed by atoms with Gasteiger partial charge >= 0.3 is 6.55 Å². The summed E-state index contributed by atoms with van der Waals surface area (Å²) in [4.78, 5) is 16.4. The Morgan fingerprint density at radius 2 is 2.04 bits per heavy atom. The summed E-state index contributed by atoms with van der Waals surface area (Å²) in [5.74, 6) is 0.0658. The summed E-state index contributed by atoms with van der Waals surface area (Å²) in [6.07, 6.45) is 1.48. The molecule has 0 saturated carbocycles. The minimum Gasteiger partial charge on any atom is -0.307 e. The number of alkyl halides is 2. The first-order chi connectivity index (χ1) is 11.0. The molecule has 0 spiro atoms. The van der Waals surface area contributed by atoms with Crippen molar-refractivity contribution in [2.45, 2.75) is 20.0 Å². The van der Waals surface area contributed by atoms with E-state index in [9.17, 15) is 13.6 Å². The van der Waals surface area contributed by atoms with Gasteiger partial charge in [0.15, 0.2) is 0 Å². The van der Waals surface area contributed by atoms with Crippen LogP contribution in [0, 0.1) is 18.3 Å². The second-order valence-corrected chi connectivity index (χ2v) is 5.08. The lowest BCUT2D eigenvalue weighted by molar-refractivity contribution is 0.0711. The zero-order chi connectivity index (χ0) is 16.6. The number of rotatable bonds is 3. The molecule has 7 heteroatoms. The molecule has 0 bridgehead atoms. The molecule has 0 N–H and O–H groups in total. The third kappa shape index (κ3) is 2.48. The largest absolute Gasteiger partial charge is 0.320 e. The number of hydrogen-bond acceptors (Lipinski definition) is 3. The number of nitriles is 1. The van der Waals surface area contributed by atoms with E-state index < -0.39 is 12.1 Å². The van der Waals surface area contributed by atoms with Crippen molar-refractivity contribution in [2.75, 3.05) is 0 Å². The van der Waals surface area contributed by atoms with E-state index in [-0.39, 0.29) is 17.9 Å². The van der Waals surface area contributed by atoms with Gasteiger partial charge in [0.25, 0.3) is 5.56 Å². The Labute approximate surface area is 130 Å². The van der Waals surface area contributed by atoms with Crippen molar-refractivity contribution in [3.05, 3.63) is 63.8 Å². The molecule has 0 amide bonds. The number of benzene rings is 1. The highest BCUT2D eigenvalue weighted by molar-refractivity contribution is 5.76. The zero-order valence-electron chi connectivity index (χ0n) is 12.2. The molecule has 0 atom stereocenters. The van der Waals surface area contributed by atoms with Crippen LogP contribution >= 0.6 is 0 Å². The lowest BCUT2D eigenvalue weighted by atomic mass is 10.2. The second kappa shape index (κ2) is 5.65. The van der Waals surface area contributed by atoms with Crippen LogP contribution in [0.25, 0.3) is 11.0 Å². The van der Waals surface area contributed by atoms with E-state index in [1.54, 1.807) is 37.3 Å². The van der Waals surface area contributed by atoms with E-state index in [2.05, 4.69) is 4.98 Å². The molecule has 0 radical (unpaired) electrons. The summed E-state index contributed by atoms with van der Waals surface area (Å²) >= 11 is 0. The van der Waals surface area contributed by atoms with Gasteiger partial charge in [0.2, 0.25) is 0 Å². The molecule has 1 aromatic carbocycles. The maximum atomic E-state index is 13.4. The number of hydrogen-bond donors (Lipinski definition) is 0. The van der Waals surface area contributed by atoms with Crippen LogP contribution in [0.1, 0.15) is 23.5 Å². The quantitative estimate of drug-likeness (QED) is 0.747. The van der Waals surface area contributed by atoms with Gasteiger partial charge in [-0.25, -0.2) is 4.98 Å². The van der Waals surface area contributed by atoms with Crippen LogP contribution in [-0.4, -0.2) is 14.1 Å². The highest BCUT2D eigenvalue weighted by Gasteiger charge is 2.18. The fourth-order valence-electron chi connectivity index (χ4n) is 2.50. The predicted molar refractivity (Wildman–Crippen MR) is 80.2 cm³/mol. The second-order valence-electron chi connectivity index (χ2n) is 5.08. The Hall–Kier alpha value is -3.01. The lowest BCUT2D eigenvalue weighted by Crippen LogP contribution is -2.25. The van der Waals surface area contributed by atoms with E-state index >= 15 is 0 Å². The summed E-state index contributed by atoms with van der Waals surface area (Å²) in [7, 11) is 0. The predicted octanol–water partition coefficient (Wildman–Crippen LogP) is 2.82. The van der Waals surface area contributed by atoms with Gasteiger partial charge in [-0.15, -0.1) is 0 Å². The van der Waals surface area contributed by atoms with Crippen LogP contribution in [0.15, 0.2) is 41.3 Å². The number of pyridine rings is 1. The highest BCUT2D eigenvalue weighted by Crippen LogP contribution is 2.23. The molecule has 0 saturated heterocycles. The first-order valence-corrected chi connectivity index (χ1v) is 6.87.